The average molecular weight is 437 g/mol. The van der Waals surface area contributed by atoms with Crippen molar-refractivity contribution in [2.24, 2.45) is 40.4 Å². The SMILES string of the molecule is COCO[C@@H]1CC2=CC[C@H]3[C@@H]4CC[C@H]([C@H](C)CO)[C@@]4(C)CC[C@@H]3[C@@]2(C)[C@@H](OCOC)C1. The third kappa shape index (κ3) is 3.93. The van der Waals surface area contributed by atoms with Crippen LogP contribution in [0.5, 0.6) is 0 Å². The van der Waals surface area contributed by atoms with E-state index in [1.165, 1.54) is 37.7 Å². The van der Waals surface area contributed by atoms with Crippen molar-refractivity contribution in [1.29, 1.82) is 0 Å². The van der Waals surface area contributed by atoms with Gasteiger partial charge in [-0.25, -0.2) is 0 Å². The molecule has 4 rings (SSSR count). The second-order valence-corrected chi connectivity index (χ2v) is 11.2. The summed E-state index contributed by atoms with van der Waals surface area (Å²) in [5.41, 5.74) is 1.95. The van der Waals surface area contributed by atoms with Crippen LogP contribution >= 0.6 is 0 Å². The van der Waals surface area contributed by atoms with E-state index in [2.05, 4.69) is 26.8 Å². The fraction of sp³-hybridized carbons (Fsp3) is 0.923. The van der Waals surface area contributed by atoms with Crippen molar-refractivity contribution >= 4 is 0 Å². The van der Waals surface area contributed by atoms with E-state index in [1.807, 2.05) is 0 Å². The van der Waals surface area contributed by atoms with Gasteiger partial charge in [-0.3, -0.25) is 0 Å². The van der Waals surface area contributed by atoms with Gasteiger partial charge in [0.05, 0.1) is 12.2 Å². The molecule has 178 valence electrons. The number of aliphatic hydroxyl groups is 1. The highest BCUT2D eigenvalue weighted by molar-refractivity contribution is 5.28. The van der Waals surface area contributed by atoms with Gasteiger partial charge in [0.1, 0.15) is 13.6 Å². The van der Waals surface area contributed by atoms with E-state index in [0.717, 1.165) is 18.8 Å². The molecular weight excluding hydrogens is 392 g/mol. The summed E-state index contributed by atoms with van der Waals surface area (Å²) < 4.78 is 22.9. The summed E-state index contributed by atoms with van der Waals surface area (Å²) in [4.78, 5) is 0. The molecule has 0 heterocycles. The first-order valence-corrected chi connectivity index (χ1v) is 12.4. The van der Waals surface area contributed by atoms with Crippen LogP contribution in [0.3, 0.4) is 0 Å². The van der Waals surface area contributed by atoms with Gasteiger partial charge in [0.2, 0.25) is 0 Å². The summed E-state index contributed by atoms with van der Waals surface area (Å²) in [5, 5.41) is 9.87. The van der Waals surface area contributed by atoms with Crippen molar-refractivity contribution < 1.29 is 24.1 Å². The van der Waals surface area contributed by atoms with Gasteiger partial charge in [0, 0.05) is 32.7 Å². The van der Waals surface area contributed by atoms with Crippen molar-refractivity contribution in [3.8, 4) is 0 Å². The van der Waals surface area contributed by atoms with Crippen LogP contribution in [0.2, 0.25) is 0 Å². The highest BCUT2D eigenvalue weighted by Crippen LogP contribution is 2.67. The van der Waals surface area contributed by atoms with Crippen molar-refractivity contribution in [1.82, 2.24) is 0 Å². The summed E-state index contributed by atoms with van der Waals surface area (Å²) in [6.45, 7) is 8.24. The molecule has 3 saturated carbocycles. The molecule has 0 unspecified atom stereocenters. The number of aliphatic hydroxyl groups excluding tert-OH is 1. The maximum absolute atomic E-state index is 9.87. The number of ether oxygens (including phenoxy) is 4. The number of methoxy groups -OCH3 is 2. The van der Waals surface area contributed by atoms with E-state index in [9.17, 15) is 5.11 Å². The van der Waals surface area contributed by atoms with Crippen LogP contribution in [-0.4, -0.2) is 51.7 Å². The topological polar surface area (TPSA) is 57.2 Å². The molecule has 0 bridgehead atoms. The maximum Gasteiger partial charge on any atom is 0.146 e. The Morgan fingerprint density at radius 2 is 1.81 bits per heavy atom. The molecule has 4 aliphatic rings. The van der Waals surface area contributed by atoms with Crippen LogP contribution in [0, 0.1) is 40.4 Å². The van der Waals surface area contributed by atoms with E-state index in [0.29, 0.717) is 49.3 Å². The second-order valence-electron chi connectivity index (χ2n) is 11.2. The summed E-state index contributed by atoms with van der Waals surface area (Å²) in [6.07, 6.45) is 11.0. The summed E-state index contributed by atoms with van der Waals surface area (Å²) in [5.74, 6) is 3.18. The standard InChI is InChI=1S/C26H44O5/c1-17(14-27)21-8-9-22-20-7-6-18-12-19(30-15-28-4)13-24(31-16-29-5)26(18,3)23(20)10-11-25(21,22)2/h6,17,19-24,27H,7-16H2,1-5H3/t17-,19-,20+,21-,22+,23+,24+,25-,26+/m1/s1. The Balaban J connectivity index is 1.61. The normalized spacial score (nSPS) is 45.4. The predicted molar refractivity (Wildman–Crippen MR) is 120 cm³/mol. The van der Waals surface area contributed by atoms with E-state index < -0.39 is 0 Å². The molecule has 31 heavy (non-hydrogen) atoms. The van der Waals surface area contributed by atoms with Gasteiger partial charge in [0.15, 0.2) is 0 Å². The minimum Gasteiger partial charge on any atom is -0.396 e. The van der Waals surface area contributed by atoms with E-state index in [1.54, 1.807) is 14.2 Å². The minimum atomic E-state index is 0.0520. The molecule has 1 N–H and O–H groups in total. The first-order chi connectivity index (χ1) is 14.9. The van der Waals surface area contributed by atoms with Gasteiger partial charge in [-0.15, -0.1) is 0 Å². The smallest absolute Gasteiger partial charge is 0.146 e. The van der Waals surface area contributed by atoms with Crippen LogP contribution < -0.4 is 0 Å². The van der Waals surface area contributed by atoms with E-state index >= 15 is 0 Å². The number of fused-ring (bicyclic) bond motifs is 5. The maximum atomic E-state index is 9.87. The monoisotopic (exact) mass is 436 g/mol. The molecule has 0 aromatic rings. The van der Waals surface area contributed by atoms with Crippen LogP contribution in [0.4, 0.5) is 0 Å². The zero-order valence-corrected chi connectivity index (χ0v) is 20.3. The van der Waals surface area contributed by atoms with Crippen molar-refractivity contribution in [2.75, 3.05) is 34.4 Å². The molecule has 9 atom stereocenters. The van der Waals surface area contributed by atoms with Gasteiger partial charge in [-0.05, 0) is 73.5 Å². The molecule has 0 radical (unpaired) electrons. The summed E-state index contributed by atoms with van der Waals surface area (Å²) in [7, 11) is 3.39. The Labute approximate surface area is 188 Å². The number of allylic oxidation sites excluding steroid dienone is 1. The lowest BCUT2D eigenvalue weighted by molar-refractivity contribution is -0.180. The zero-order valence-electron chi connectivity index (χ0n) is 20.3. The molecule has 0 amide bonds. The van der Waals surface area contributed by atoms with Crippen LogP contribution in [0.15, 0.2) is 11.6 Å². The van der Waals surface area contributed by atoms with Crippen molar-refractivity contribution in [3.05, 3.63) is 11.6 Å². The predicted octanol–water partition coefficient (Wildman–Crippen LogP) is 4.78. The molecule has 5 heteroatoms. The molecule has 0 aromatic carbocycles. The van der Waals surface area contributed by atoms with Crippen LogP contribution in [0.1, 0.15) is 65.7 Å². The molecular formula is C26H44O5. The largest absolute Gasteiger partial charge is 0.396 e. The fourth-order valence-corrected chi connectivity index (χ4v) is 8.44. The molecule has 3 fully saturated rings. The lowest BCUT2D eigenvalue weighted by atomic mass is 9.46. The lowest BCUT2D eigenvalue weighted by Crippen LogP contribution is -2.56. The van der Waals surface area contributed by atoms with Crippen molar-refractivity contribution in [3.63, 3.8) is 0 Å². The number of hydrogen-bond donors (Lipinski definition) is 1. The molecule has 0 spiro atoms. The van der Waals surface area contributed by atoms with Gasteiger partial charge in [0.25, 0.3) is 0 Å². The number of rotatable bonds is 8. The third-order valence-electron chi connectivity index (χ3n) is 9.99. The third-order valence-corrected chi connectivity index (χ3v) is 9.99. The van der Waals surface area contributed by atoms with Crippen LogP contribution in [0.25, 0.3) is 0 Å². The quantitative estimate of drug-likeness (QED) is 0.438. The van der Waals surface area contributed by atoms with Crippen LogP contribution in [-0.2, 0) is 18.9 Å². The Kier molecular flexibility index (Phi) is 7.20. The first kappa shape index (κ1) is 23.7. The zero-order chi connectivity index (χ0) is 22.2. The lowest BCUT2D eigenvalue weighted by Gasteiger charge is -2.60. The minimum absolute atomic E-state index is 0.0520. The Hall–Kier alpha value is -0.460. The molecule has 0 aromatic heterocycles. The second kappa shape index (κ2) is 9.42. The van der Waals surface area contributed by atoms with E-state index in [-0.39, 0.29) is 17.6 Å². The Bertz CT molecular complexity index is 650. The molecule has 5 nitrogen and oxygen atoms in total. The van der Waals surface area contributed by atoms with Gasteiger partial charge in [-0.1, -0.05) is 32.4 Å². The van der Waals surface area contributed by atoms with E-state index in [4.69, 9.17) is 18.9 Å². The van der Waals surface area contributed by atoms with Crippen molar-refractivity contribution in [2.45, 2.75) is 77.9 Å². The van der Waals surface area contributed by atoms with Gasteiger partial charge >= 0.3 is 0 Å². The Morgan fingerprint density at radius 3 is 2.52 bits per heavy atom. The summed E-state index contributed by atoms with van der Waals surface area (Å²) >= 11 is 0. The first-order valence-electron chi connectivity index (χ1n) is 12.4. The van der Waals surface area contributed by atoms with Gasteiger partial charge < -0.3 is 24.1 Å². The fourth-order valence-electron chi connectivity index (χ4n) is 8.44. The number of hydrogen-bond acceptors (Lipinski definition) is 5. The molecule has 0 aliphatic heterocycles. The van der Waals surface area contributed by atoms with Gasteiger partial charge in [-0.2, -0.15) is 0 Å². The Morgan fingerprint density at radius 1 is 1.06 bits per heavy atom. The highest BCUT2D eigenvalue weighted by Gasteiger charge is 2.61. The molecule has 0 saturated heterocycles. The average Bonchev–Trinajstić information content (AvgIpc) is 3.13. The molecule has 4 aliphatic carbocycles. The highest BCUT2D eigenvalue weighted by atomic mass is 16.7. The summed E-state index contributed by atoms with van der Waals surface area (Å²) in [6, 6.07) is 0.